The van der Waals surface area contributed by atoms with Crippen LogP contribution in [0, 0.1) is 11.3 Å². The molecule has 1 N–H and O–H groups in total. The van der Waals surface area contributed by atoms with Crippen molar-refractivity contribution in [2.24, 2.45) is 11.3 Å². The molecule has 12 heavy (non-hydrogen) atoms. The Morgan fingerprint density at radius 3 is 3.08 bits per heavy atom. The number of carboxylic acid groups (broad SMARTS) is 1. The van der Waals surface area contributed by atoms with Gasteiger partial charge in [-0.1, -0.05) is 18.6 Å². The van der Waals surface area contributed by atoms with Crippen molar-refractivity contribution in [2.75, 3.05) is 0 Å². The van der Waals surface area contributed by atoms with Crippen LogP contribution in [0.15, 0.2) is 12.2 Å². The van der Waals surface area contributed by atoms with Gasteiger partial charge in [0.05, 0.1) is 5.41 Å². The lowest BCUT2D eigenvalue weighted by molar-refractivity contribution is -0.142. The molecule has 0 heterocycles. The van der Waals surface area contributed by atoms with E-state index in [4.69, 9.17) is 5.11 Å². The molecule has 2 aliphatic carbocycles. The van der Waals surface area contributed by atoms with Gasteiger partial charge in [-0.25, -0.2) is 0 Å². The van der Waals surface area contributed by atoms with Crippen LogP contribution in [-0.4, -0.2) is 11.1 Å². The number of carboxylic acids is 1. The van der Waals surface area contributed by atoms with Crippen molar-refractivity contribution in [3.63, 3.8) is 0 Å². The van der Waals surface area contributed by atoms with Crippen LogP contribution < -0.4 is 0 Å². The molecule has 2 nitrogen and oxygen atoms in total. The first-order chi connectivity index (χ1) is 5.76. The molecule has 0 aromatic heterocycles. The lowest BCUT2D eigenvalue weighted by Gasteiger charge is -2.09. The second kappa shape index (κ2) is 2.61. The fourth-order valence-corrected chi connectivity index (χ4v) is 2.19. The minimum atomic E-state index is -0.620. The minimum absolute atomic E-state index is 0.437. The molecule has 0 aromatic rings. The third-order valence-electron chi connectivity index (χ3n) is 3.14. The van der Waals surface area contributed by atoms with Crippen LogP contribution in [0.1, 0.15) is 32.1 Å². The Hall–Kier alpha value is -0.790. The zero-order valence-corrected chi connectivity index (χ0v) is 7.12. The summed E-state index contributed by atoms with van der Waals surface area (Å²) in [4.78, 5) is 10.9. The van der Waals surface area contributed by atoms with Gasteiger partial charge in [0.25, 0.3) is 0 Å². The Morgan fingerprint density at radius 1 is 1.50 bits per heavy atom. The van der Waals surface area contributed by atoms with Crippen LogP contribution in [0.2, 0.25) is 0 Å². The maximum Gasteiger partial charge on any atom is 0.313 e. The summed E-state index contributed by atoms with van der Waals surface area (Å²) in [7, 11) is 0. The van der Waals surface area contributed by atoms with Gasteiger partial charge in [0, 0.05) is 0 Å². The summed E-state index contributed by atoms with van der Waals surface area (Å²) >= 11 is 0. The number of hydrogen-bond acceptors (Lipinski definition) is 1. The standard InChI is InChI=1S/C10H14O2/c11-9(12)10-6-4-2-1-3-5-8(10)7-10/h4,6,8H,1-3,5,7H2,(H,11,12)/b6-4-/t8-,10+/m1/s1. The van der Waals surface area contributed by atoms with E-state index >= 15 is 0 Å². The third kappa shape index (κ3) is 1.06. The maximum atomic E-state index is 10.9. The highest BCUT2D eigenvalue weighted by Crippen LogP contribution is 2.57. The topological polar surface area (TPSA) is 37.3 Å². The lowest BCUT2D eigenvalue weighted by Crippen LogP contribution is -2.15. The quantitative estimate of drug-likeness (QED) is 0.606. The molecule has 2 heteroatoms. The molecule has 0 amide bonds. The SMILES string of the molecule is O=C(O)[C@]12/C=C\CCCC[C@@H]1C2. The predicted molar refractivity (Wildman–Crippen MR) is 45.8 cm³/mol. The van der Waals surface area contributed by atoms with E-state index in [1.165, 1.54) is 12.8 Å². The van der Waals surface area contributed by atoms with Crippen LogP contribution in [0.25, 0.3) is 0 Å². The van der Waals surface area contributed by atoms with E-state index in [2.05, 4.69) is 0 Å². The van der Waals surface area contributed by atoms with Gasteiger partial charge in [0.15, 0.2) is 0 Å². The number of carbonyl (C=O) groups is 1. The highest BCUT2D eigenvalue weighted by atomic mass is 16.4. The Bertz CT molecular complexity index is 232. The molecular weight excluding hydrogens is 152 g/mol. The molecule has 1 saturated carbocycles. The first kappa shape index (κ1) is 7.84. The van der Waals surface area contributed by atoms with E-state index in [9.17, 15) is 4.79 Å². The van der Waals surface area contributed by atoms with Crippen molar-refractivity contribution in [1.82, 2.24) is 0 Å². The third-order valence-corrected chi connectivity index (χ3v) is 3.14. The van der Waals surface area contributed by atoms with Gasteiger partial charge in [0.1, 0.15) is 0 Å². The second-order valence-electron chi connectivity index (χ2n) is 3.93. The summed E-state index contributed by atoms with van der Waals surface area (Å²) in [5.41, 5.74) is -0.444. The molecule has 0 aromatic carbocycles. The van der Waals surface area contributed by atoms with E-state index in [-0.39, 0.29) is 0 Å². The van der Waals surface area contributed by atoms with Crippen molar-refractivity contribution in [3.8, 4) is 0 Å². The molecule has 66 valence electrons. The summed E-state index contributed by atoms with van der Waals surface area (Å²) in [5.74, 6) is -0.183. The first-order valence-corrected chi connectivity index (χ1v) is 4.67. The van der Waals surface area contributed by atoms with Gasteiger partial charge in [-0.05, 0) is 31.6 Å². The molecule has 0 bridgehead atoms. The summed E-state index contributed by atoms with van der Waals surface area (Å²) in [6.45, 7) is 0. The summed E-state index contributed by atoms with van der Waals surface area (Å²) < 4.78 is 0. The smallest absolute Gasteiger partial charge is 0.313 e. The van der Waals surface area contributed by atoms with Gasteiger partial charge in [0.2, 0.25) is 0 Å². The van der Waals surface area contributed by atoms with E-state index in [0.29, 0.717) is 5.92 Å². The number of aliphatic carboxylic acids is 1. The molecule has 0 unspecified atom stereocenters. The molecular formula is C10H14O2. The van der Waals surface area contributed by atoms with Crippen molar-refractivity contribution in [2.45, 2.75) is 32.1 Å². The predicted octanol–water partition coefficient (Wildman–Crippen LogP) is 2.21. The van der Waals surface area contributed by atoms with Gasteiger partial charge in [-0.2, -0.15) is 0 Å². The molecule has 1 fully saturated rings. The Kier molecular flexibility index (Phi) is 1.71. The maximum absolute atomic E-state index is 10.9. The molecule has 0 radical (unpaired) electrons. The zero-order chi connectivity index (χ0) is 8.60. The zero-order valence-electron chi connectivity index (χ0n) is 7.12. The molecule has 2 rings (SSSR count). The molecule has 0 spiro atoms. The largest absolute Gasteiger partial charge is 0.481 e. The lowest BCUT2D eigenvalue weighted by atomic mass is 9.96. The Labute approximate surface area is 72.3 Å². The van der Waals surface area contributed by atoms with E-state index in [1.807, 2.05) is 12.2 Å². The van der Waals surface area contributed by atoms with Crippen LogP contribution in [0.5, 0.6) is 0 Å². The second-order valence-corrected chi connectivity index (χ2v) is 3.93. The Morgan fingerprint density at radius 2 is 2.33 bits per heavy atom. The van der Waals surface area contributed by atoms with Crippen molar-refractivity contribution >= 4 is 5.97 Å². The normalized spacial score (nSPS) is 42.2. The molecule has 0 saturated heterocycles. The number of fused-ring (bicyclic) bond motifs is 1. The van der Waals surface area contributed by atoms with Gasteiger partial charge in [-0.15, -0.1) is 0 Å². The first-order valence-electron chi connectivity index (χ1n) is 4.67. The average molecular weight is 166 g/mol. The number of rotatable bonds is 1. The summed E-state index contributed by atoms with van der Waals surface area (Å²) in [5, 5.41) is 9.00. The van der Waals surface area contributed by atoms with Gasteiger partial charge in [-0.3, -0.25) is 4.79 Å². The molecule has 0 aliphatic heterocycles. The van der Waals surface area contributed by atoms with Gasteiger partial charge >= 0.3 is 5.97 Å². The van der Waals surface area contributed by atoms with Crippen molar-refractivity contribution < 1.29 is 9.90 Å². The summed E-state index contributed by atoms with van der Waals surface area (Å²) in [6, 6.07) is 0. The average Bonchev–Trinajstić information content (AvgIpc) is 2.63. The van der Waals surface area contributed by atoms with Gasteiger partial charge < -0.3 is 5.11 Å². The Balaban J connectivity index is 2.16. The number of hydrogen-bond donors (Lipinski definition) is 1. The minimum Gasteiger partial charge on any atom is -0.481 e. The molecule has 2 aliphatic rings. The fourth-order valence-electron chi connectivity index (χ4n) is 2.19. The van der Waals surface area contributed by atoms with Crippen LogP contribution in [-0.2, 0) is 4.79 Å². The van der Waals surface area contributed by atoms with Crippen LogP contribution in [0.4, 0.5) is 0 Å². The highest BCUT2D eigenvalue weighted by Gasteiger charge is 2.57. The fraction of sp³-hybridized carbons (Fsp3) is 0.700. The van der Waals surface area contributed by atoms with Crippen molar-refractivity contribution in [3.05, 3.63) is 12.2 Å². The monoisotopic (exact) mass is 166 g/mol. The molecule has 2 atom stereocenters. The van der Waals surface area contributed by atoms with Crippen LogP contribution >= 0.6 is 0 Å². The van der Waals surface area contributed by atoms with E-state index < -0.39 is 11.4 Å². The van der Waals surface area contributed by atoms with Crippen LogP contribution in [0.3, 0.4) is 0 Å². The highest BCUT2D eigenvalue weighted by molar-refractivity contribution is 5.81. The number of allylic oxidation sites excluding steroid dienone is 1. The van der Waals surface area contributed by atoms with Crippen molar-refractivity contribution in [1.29, 1.82) is 0 Å². The van der Waals surface area contributed by atoms with E-state index in [0.717, 1.165) is 19.3 Å². The summed E-state index contributed by atoms with van der Waals surface area (Å²) in [6.07, 6.45) is 9.44. The van der Waals surface area contributed by atoms with E-state index in [1.54, 1.807) is 0 Å².